The van der Waals surface area contributed by atoms with Gasteiger partial charge in [0.15, 0.2) is 0 Å². The molecule has 0 radical (unpaired) electrons. The van der Waals surface area contributed by atoms with Crippen LogP contribution < -0.4 is 5.32 Å². The quantitative estimate of drug-likeness (QED) is 0.753. The van der Waals surface area contributed by atoms with E-state index in [0.717, 1.165) is 12.1 Å². The Morgan fingerprint density at radius 1 is 1.05 bits per heavy atom. The molecule has 0 saturated carbocycles. The van der Waals surface area contributed by atoms with Crippen molar-refractivity contribution < 1.29 is 0 Å². The Morgan fingerprint density at radius 2 is 1.67 bits per heavy atom. The van der Waals surface area contributed by atoms with Gasteiger partial charge in [-0.2, -0.15) is 0 Å². The standard InChI is InChI=1S/C18H21Cl2N/c1-11-8-12(2)16(13(3)9-11)10-21-14(4)15-6-5-7-17(19)18(15)20/h5-9,14,21H,10H2,1-4H3. The molecule has 0 saturated heterocycles. The van der Waals surface area contributed by atoms with E-state index in [0.29, 0.717) is 10.0 Å². The maximum atomic E-state index is 6.28. The average Bonchev–Trinajstić information content (AvgIpc) is 2.40. The highest BCUT2D eigenvalue weighted by Crippen LogP contribution is 2.30. The smallest absolute Gasteiger partial charge is 0.0639 e. The normalized spacial score (nSPS) is 12.5. The van der Waals surface area contributed by atoms with E-state index < -0.39 is 0 Å². The van der Waals surface area contributed by atoms with E-state index in [1.165, 1.54) is 22.3 Å². The van der Waals surface area contributed by atoms with Gasteiger partial charge in [0.1, 0.15) is 0 Å². The number of rotatable bonds is 4. The molecule has 0 fully saturated rings. The Bertz CT molecular complexity index is 627. The van der Waals surface area contributed by atoms with Crippen LogP contribution in [0.1, 0.15) is 40.8 Å². The molecule has 0 heterocycles. The van der Waals surface area contributed by atoms with Crippen LogP contribution in [0.25, 0.3) is 0 Å². The Kier molecular flexibility index (Phi) is 5.32. The van der Waals surface area contributed by atoms with Crippen molar-refractivity contribution in [2.24, 2.45) is 0 Å². The SMILES string of the molecule is Cc1cc(C)c(CNC(C)c2cccc(Cl)c2Cl)c(C)c1. The molecular weight excluding hydrogens is 301 g/mol. The summed E-state index contributed by atoms with van der Waals surface area (Å²) in [7, 11) is 0. The fourth-order valence-electron chi connectivity index (χ4n) is 2.71. The maximum absolute atomic E-state index is 6.28. The largest absolute Gasteiger partial charge is 0.306 e. The Balaban J connectivity index is 2.15. The van der Waals surface area contributed by atoms with E-state index >= 15 is 0 Å². The molecule has 2 rings (SSSR count). The van der Waals surface area contributed by atoms with Crippen LogP contribution in [-0.4, -0.2) is 0 Å². The lowest BCUT2D eigenvalue weighted by Crippen LogP contribution is -2.19. The van der Waals surface area contributed by atoms with Gasteiger partial charge >= 0.3 is 0 Å². The summed E-state index contributed by atoms with van der Waals surface area (Å²) in [6.45, 7) is 9.38. The maximum Gasteiger partial charge on any atom is 0.0639 e. The van der Waals surface area contributed by atoms with Gasteiger partial charge in [-0.05, 0) is 56.0 Å². The molecule has 0 aliphatic heterocycles. The van der Waals surface area contributed by atoms with Crippen LogP contribution in [0.4, 0.5) is 0 Å². The van der Waals surface area contributed by atoms with Crippen LogP contribution in [-0.2, 0) is 6.54 Å². The van der Waals surface area contributed by atoms with Crippen molar-refractivity contribution in [1.29, 1.82) is 0 Å². The molecule has 112 valence electrons. The summed E-state index contributed by atoms with van der Waals surface area (Å²) in [5.41, 5.74) is 6.34. The van der Waals surface area contributed by atoms with Gasteiger partial charge in [-0.15, -0.1) is 0 Å². The number of hydrogen-bond donors (Lipinski definition) is 1. The molecule has 0 aliphatic rings. The summed E-state index contributed by atoms with van der Waals surface area (Å²) in [5.74, 6) is 0. The highest BCUT2D eigenvalue weighted by atomic mass is 35.5. The summed E-state index contributed by atoms with van der Waals surface area (Å²) in [6.07, 6.45) is 0. The number of benzene rings is 2. The van der Waals surface area contributed by atoms with Crippen LogP contribution in [0.15, 0.2) is 30.3 Å². The molecule has 1 nitrogen and oxygen atoms in total. The zero-order valence-corrected chi connectivity index (χ0v) is 14.4. The molecule has 1 N–H and O–H groups in total. The van der Waals surface area contributed by atoms with Crippen molar-refractivity contribution in [3.63, 3.8) is 0 Å². The first kappa shape index (κ1) is 16.4. The van der Waals surface area contributed by atoms with Gasteiger partial charge in [-0.1, -0.05) is 53.0 Å². The third-order valence-electron chi connectivity index (χ3n) is 3.87. The minimum absolute atomic E-state index is 0.149. The van der Waals surface area contributed by atoms with Gasteiger partial charge < -0.3 is 5.32 Å². The Labute approximate surface area is 137 Å². The predicted molar refractivity (Wildman–Crippen MR) is 92.4 cm³/mol. The molecule has 0 spiro atoms. The van der Waals surface area contributed by atoms with Crippen LogP contribution in [0, 0.1) is 20.8 Å². The number of halogens is 2. The van der Waals surface area contributed by atoms with E-state index in [9.17, 15) is 0 Å². The number of nitrogens with one attached hydrogen (secondary N) is 1. The topological polar surface area (TPSA) is 12.0 Å². The van der Waals surface area contributed by atoms with Crippen LogP contribution >= 0.6 is 23.2 Å². The molecule has 3 heteroatoms. The average molecular weight is 322 g/mol. The van der Waals surface area contributed by atoms with Crippen molar-refractivity contribution in [1.82, 2.24) is 5.32 Å². The second-order valence-electron chi connectivity index (χ2n) is 5.62. The molecule has 0 aliphatic carbocycles. The highest BCUT2D eigenvalue weighted by Gasteiger charge is 2.12. The van der Waals surface area contributed by atoms with Gasteiger partial charge in [-0.25, -0.2) is 0 Å². The Morgan fingerprint density at radius 3 is 2.29 bits per heavy atom. The highest BCUT2D eigenvalue weighted by molar-refractivity contribution is 6.42. The van der Waals surface area contributed by atoms with E-state index in [-0.39, 0.29) is 6.04 Å². The van der Waals surface area contributed by atoms with E-state index in [1.54, 1.807) is 0 Å². The first-order valence-corrected chi connectivity index (χ1v) is 7.89. The third-order valence-corrected chi connectivity index (χ3v) is 4.71. The summed E-state index contributed by atoms with van der Waals surface area (Å²) in [5, 5.41) is 4.78. The van der Waals surface area contributed by atoms with Gasteiger partial charge in [0.25, 0.3) is 0 Å². The molecule has 1 atom stereocenters. The minimum Gasteiger partial charge on any atom is -0.306 e. The molecule has 0 amide bonds. The lowest BCUT2D eigenvalue weighted by atomic mass is 9.99. The van der Waals surface area contributed by atoms with Crippen LogP contribution in [0.2, 0.25) is 10.0 Å². The second-order valence-corrected chi connectivity index (χ2v) is 6.41. The fraction of sp³-hybridized carbons (Fsp3) is 0.333. The molecule has 2 aromatic carbocycles. The molecule has 0 aromatic heterocycles. The van der Waals surface area contributed by atoms with Crippen LogP contribution in [0.3, 0.4) is 0 Å². The van der Waals surface area contributed by atoms with Crippen molar-refractivity contribution in [3.05, 3.63) is 68.2 Å². The van der Waals surface area contributed by atoms with Gasteiger partial charge in [-0.3, -0.25) is 0 Å². The lowest BCUT2D eigenvalue weighted by molar-refractivity contribution is 0.572. The molecule has 1 unspecified atom stereocenters. The van der Waals surface area contributed by atoms with Crippen molar-refractivity contribution in [2.45, 2.75) is 40.3 Å². The number of aryl methyl sites for hydroxylation is 3. The van der Waals surface area contributed by atoms with Crippen molar-refractivity contribution in [2.75, 3.05) is 0 Å². The molecule has 2 aromatic rings. The van der Waals surface area contributed by atoms with Crippen molar-refractivity contribution >= 4 is 23.2 Å². The van der Waals surface area contributed by atoms with E-state index in [2.05, 4.69) is 45.1 Å². The Hall–Kier alpha value is -1.02. The molecule has 21 heavy (non-hydrogen) atoms. The van der Waals surface area contributed by atoms with Gasteiger partial charge in [0.05, 0.1) is 10.0 Å². The minimum atomic E-state index is 0.149. The predicted octanol–water partition coefficient (Wildman–Crippen LogP) is 5.77. The monoisotopic (exact) mass is 321 g/mol. The molecule has 0 bridgehead atoms. The van der Waals surface area contributed by atoms with E-state index in [1.807, 2.05) is 18.2 Å². The third kappa shape index (κ3) is 3.79. The van der Waals surface area contributed by atoms with Crippen molar-refractivity contribution in [3.8, 4) is 0 Å². The van der Waals surface area contributed by atoms with Gasteiger partial charge in [0, 0.05) is 12.6 Å². The summed E-state index contributed by atoms with van der Waals surface area (Å²) >= 11 is 12.4. The first-order chi connectivity index (χ1) is 9.90. The summed E-state index contributed by atoms with van der Waals surface area (Å²) in [4.78, 5) is 0. The molecular formula is C18H21Cl2N. The van der Waals surface area contributed by atoms with Crippen LogP contribution in [0.5, 0.6) is 0 Å². The second kappa shape index (κ2) is 6.83. The van der Waals surface area contributed by atoms with Gasteiger partial charge in [0.2, 0.25) is 0 Å². The zero-order chi connectivity index (χ0) is 15.6. The van der Waals surface area contributed by atoms with E-state index in [4.69, 9.17) is 23.2 Å². The summed E-state index contributed by atoms with van der Waals surface area (Å²) < 4.78 is 0. The fourth-order valence-corrected chi connectivity index (χ4v) is 3.18. The lowest BCUT2D eigenvalue weighted by Gasteiger charge is -2.18. The zero-order valence-electron chi connectivity index (χ0n) is 12.9. The number of hydrogen-bond acceptors (Lipinski definition) is 1. The first-order valence-electron chi connectivity index (χ1n) is 7.14. The summed E-state index contributed by atoms with van der Waals surface area (Å²) in [6, 6.07) is 10.4.